The zero-order valence-corrected chi connectivity index (χ0v) is 12.5. The summed E-state index contributed by atoms with van der Waals surface area (Å²) in [5.74, 6) is 1.50. The van der Waals surface area contributed by atoms with Gasteiger partial charge in [0.05, 0.1) is 6.61 Å². The van der Waals surface area contributed by atoms with Crippen molar-refractivity contribution in [2.24, 2.45) is 11.7 Å². The molecule has 1 aromatic rings. The van der Waals surface area contributed by atoms with Crippen LogP contribution in [0.4, 0.5) is 0 Å². The number of rotatable bonds is 6. The van der Waals surface area contributed by atoms with Crippen molar-refractivity contribution >= 4 is 15.9 Å². The topological polar surface area (TPSA) is 35.2 Å². The number of halogens is 1. The molecule has 0 aliphatic heterocycles. The van der Waals surface area contributed by atoms with Gasteiger partial charge in [0.15, 0.2) is 0 Å². The molecule has 0 saturated carbocycles. The summed E-state index contributed by atoms with van der Waals surface area (Å²) in [6, 6.07) is 6.00. The molecule has 0 bridgehead atoms. The van der Waals surface area contributed by atoms with Crippen LogP contribution in [0.1, 0.15) is 45.2 Å². The Hall–Kier alpha value is -0.540. The van der Waals surface area contributed by atoms with E-state index in [1.54, 1.807) is 0 Å². The third-order valence-electron chi connectivity index (χ3n) is 2.77. The fourth-order valence-corrected chi connectivity index (χ4v) is 2.19. The minimum atomic E-state index is -0.0102. The second-order valence-corrected chi connectivity index (χ2v) is 5.59. The first kappa shape index (κ1) is 14.5. The van der Waals surface area contributed by atoms with Crippen LogP contribution in [0.15, 0.2) is 22.7 Å². The molecule has 1 rings (SSSR count). The lowest BCUT2D eigenvalue weighted by Crippen LogP contribution is -2.12. The van der Waals surface area contributed by atoms with E-state index in [0.29, 0.717) is 5.92 Å². The molecular weight excluding hydrogens is 278 g/mol. The van der Waals surface area contributed by atoms with Crippen LogP contribution < -0.4 is 10.5 Å². The van der Waals surface area contributed by atoms with Crippen LogP contribution in [0.2, 0.25) is 0 Å². The van der Waals surface area contributed by atoms with Gasteiger partial charge in [-0.05, 0) is 37.5 Å². The van der Waals surface area contributed by atoms with Gasteiger partial charge in [-0.25, -0.2) is 0 Å². The lowest BCUT2D eigenvalue weighted by Gasteiger charge is -2.17. The standard InChI is InChI=1S/C14H22BrNO/c1-4-5-10(2)9-17-14-7-6-12(15)8-13(14)11(3)16/h6-8,10-11H,4-5,9,16H2,1-3H3/t10?,11-/m0/s1. The zero-order chi connectivity index (χ0) is 12.8. The van der Waals surface area contributed by atoms with Crippen LogP contribution in [0.3, 0.4) is 0 Å². The van der Waals surface area contributed by atoms with E-state index >= 15 is 0 Å². The molecule has 96 valence electrons. The Morgan fingerprint density at radius 2 is 2.06 bits per heavy atom. The molecule has 0 heterocycles. The van der Waals surface area contributed by atoms with Crippen molar-refractivity contribution in [2.75, 3.05) is 6.61 Å². The van der Waals surface area contributed by atoms with Gasteiger partial charge in [0.1, 0.15) is 5.75 Å². The lowest BCUT2D eigenvalue weighted by molar-refractivity contribution is 0.248. The molecule has 2 N–H and O–H groups in total. The van der Waals surface area contributed by atoms with E-state index in [9.17, 15) is 0 Å². The van der Waals surface area contributed by atoms with Gasteiger partial charge in [-0.3, -0.25) is 0 Å². The highest BCUT2D eigenvalue weighted by Gasteiger charge is 2.10. The Morgan fingerprint density at radius 1 is 1.35 bits per heavy atom. The molecule has 0 amide bonds. The van der Waals surface area contributed by atoms with Crippen LogP contribution in [-0.4, -0.2) is 6.61 Å². The second-order valence-electron chi connectivity index (χ2n) is 4.68. The Balaban J connectivity index is 2.70. The molecule has 0 fully saturated rings. The Bertz CT molecular complexity index is 352. The highest BCUT2D eigenvalue weighted by Crippen LogP contribution is 2.28. The minimum Gasteiger partial charge on any atom is -0.493 e. The second kappa shape index (κ2) is 7.02. The minimum absolute atomic E-state index is 0.0102. The summed E-state index contributed by atoms with van der Waals surface area (Å²) in [7, 11) is 0. The maximum absolute atomic E-state index is 5.95. The Kier molecular flexibility index (Phi) is 6.00. The lowest BCUT2D eigenvalue weighted by atomic mass is 10.1. The van der Waals surface area contributed by atoms with Crippen molar-refractivity contribution in [1.29, 1.82) is 0 Å². The van der Waals surface area contributed by atoms with Gasteiger partial charge in [0.2, 0.25) is 0 Å². The summed E-state index contributed by atoms with van der Waals surface area (Å²) in [5, 5.41) is 0. The molecule has 17 heavy (non-hydrogen) atoms. The predicted molar refractivity (Wildman–Crippen MR) is 76.3 cm³/mol. The quantitative estimate of drug-likeness (QED) is 0.851. The van der Waals surface area contributed by atoms with Gasteiger partial charge < -0.3 is 10.5 Å². The van der Waals surface area contributed by atoms with E-state index in [0.717, 1.165) is 22.4 Å². The van der Waals surface area contributed by atoms with Gasteiger partial charge in [-0.2, -0.15) is 0 Å². The first-order valence-electron chi connectivity index (χ1n) is 6.22. The Labute approximate surface area is 113 Å². The summed E-state index contributed by atoms with van der Waals surface area (Å²) in [5.41, 5.74) is 7.01. The van der Waals surface area contributed by atoms with Crippen molar-refractivity contribution < 1.29 is 4.74 Å². The summed E-state index contributed by atoms with van der Waals surface area (Å²) < 4.78 is 6.91. The van der Waals surface area contributed by atoms with E-state index in [1.807, 2.05) is 25.1 Å². The fourth-order valence-electron chi connectivity index (χ4n) is 1.81. The highest BCUT2D eigenvalue weighted by molar-refractivity contribution is 9.10. The number of benzene rings is 1. The summed E-state index contributed by atoms with van der Waals surface area (Å²) >= 11 is 3.46. The van der Waals surface area contributed by atoms with Crippen LogP contribution in [0.25, 0.3) is 0 Å². The first-order valence-corrected chi connectivity index (χ1v) is 7.01. The number of hydrogen-bond donors (Lipinski definition) is 1. The number of hydrogen-bond acceptors (Lipinski definition) is 2. The number of ether oxygens (including phenoxy) is 1. The molecule has 2 nitrogen and oxygen atoms in total. The van der Waals surface area contributed by atoms with Crippen molar-refractivity contribution in [1.82, 2.24) is 0 Å². The highest BCUT2D eigenvalue weighted by atomic mass is 79.9. The van der Waals surface area contributed by atoms with E-state index in [4.69, 9.17) is 10.5 Å². The summed E-state index contributed by atoms with van der Waals surface area (Å²) in [4.78, 5) is 0. The Morgan fingerprint density at radius 3 is 2.65 bits per heavy atom. The maximum atomic E-state index is 5.95. The monoisotopic (exact) mass is 299 g/mol. The van der Waals surface area contributed by atoms with Crippen molar-refractivity contribution in [2.45, 2.75) is 39.7 Å². The van der Waals surface area contributed by atoms with Gasteiger partial charge in [-0.15, -0.1) is 0 Å². The van der Waals surface area contributed by atoms with E-state index < -0.39 is 0 Å². The molecule has 0 spiro atoms. The van der Waals surface area contributed by atoms with Gasteiger partial charge >= 0.3 is 0 Å². The van der Waals surface area contributed by atoms with Crippen molar-refractivity contribution in [3.63, 3.8) is 0 Å². The summed E-state index contributed by atoms with van der Waals surface area (Å²) in [6.07, 6.45) is 2.40. The molecule has 1 unspecified atom stereocenters. The van der Waals surface area contributed by atoms with E-state index in [2.05, 4.69) is 29.8 Å². The van der Waals surface area contributed by atoms with Crippen molar-refractivity contribution in [3.8, 4) is 5.75 Å². The predicted octanol–water partition coefficient (Wildman–Crippen LogP) is 4.28. The molecule has 0 saturated heterocycles. The molecule has 0 aliphatic carbocycles. The average molecular weight is 300 g/mol. The molecule has 0 aliphatic rings. The largest absolute Gasteiger partial charge is 0.493 e. The normalized spacial score (nSPS) is 14.4. The summed E-state index contributed by atoms with van der Waals surface area (Å²) in [6.45, 7) is 7.15. The molecular formula is C14H22BrNO. The molecule has 0 aromatic heterocycles. The third kappa shape index (κ3) is 4.68. The molecule has 2 atom stereocenters. The van der Waals surface area contributed by atoms with Crippen LogP contribution in [0, 0.1) is 5.92 Å². The van der Waals surface area contributed by atoms with Crippen molar-refractivity contribution in [3.05, 3.63) is 28.2 Å². The van der Waals surface area contributed by atoms with Gasteiger partial charge in [0, 0.05) is 16.1 Å². The third-order valence-corrected chi connectivity index (χ3v) is 3.26. The van der Waals surface area contributed by atoms with Gasteiger partial charge in [-0.1, -0.05) is 36.2 Å². The average Bonchev–Trinajstić information content (AvgIpc) is 2.27. The van der Waals surface area contributed by atoms with Crippen LogP contribution in [0.5, 0.6) is 5.75 Å². The molecule has 1 aromatic carbocycles. The smallest absolute Gasteiger partial charge is 0.124 e. The molecule has 0 radical (unpaired) electrons. The molecule has 3 heteroatoms. The van der Waals surface area contributed by atoms with E-state index in [1.165, 1.54) is 12.8 Å². The zero-order valence-electron chi connectivity index (χ0n) is 10.9. The number of nitrogens with two attached hydrogens (primary N) is 1. The SMILES string of the molecule is CCCC(C)COc1ccc(Br)cc1[C@H](C)N. The fraction of sp³-hybridized carbons (Fsp3) is 0.571. The first-order chi connectivity index (χ1) is 8.04. The van der Waals surface area contributed by atoms with E-state index in [-0.39, 0.29) is 6.04 Å². The van der Waals surface area contributed by atoms with Gasteiger partial charge in [0.25, 0.3) is 0 Å². The van der Waals surface area contributed by atoms with Crippen LogP contribution >= 0.6 is 15.9 Å². The van der Waals surface area contributed by atoms with Crippen LogP contribution in [-0.2, 0) is 0 Å². The maximum Gasteiger partial charge on any atom is 0.124 e.